The summed E-state index contributed by atoms with van der Waals surface area (Å²) >= 11 is 3.43. The van der Waals surface area contributed by atoms with Crippen molar-refractivity contribution in [3.63, 3.8) is 0 Å². The van der Waals surface area contributed by atoms with Crippen molar-refractivity contribution < 1.29 is 4.74 Å². The summed E-state index contributed by atoms with van der Waals surface area (Å²) in [4.78, 5) is 0. The predicted octanol–water partition coefficient (Wildman–Crippen LogP) is 3.90. The molecule has 0 saturated heterocycles. The second-order valence-corrected chi connectivity index (χ2v) is 4.67. The first-order chi connectivity index (χ1) is 6.43. The molecule has 1 aliphatic rings. The average Bonchev–Trinajstić information content (AvgIpc) is 2.41. The summed E-state index contributed by atoms with van der Waals surface area (Å²) in [5.74, 6) is 0. The molecule has 13 heavy (non-hydrogen) atoms. The molecule has 2 heteroatoms. The SMILES string of the molecule is BrCCCCOC1CCCCCC1. The van der Waals surface area contributed by atoms with Gasteiger partial charge in [0.2, 0.25) is 0 Å². The standard InChI is InChI=1S/C11H21BrO/c12-9-5-6-10-13-11-7-3-1-2-4-8-11/h11H,1-10H2. The number of ether oxygens (including phenoxy) is 1. The Balaban J connectivity index is 1.98. The van der Waals surface area contributed by atoms with E-state index in [0.29, 0.717) is 6.10 Å². The maximum Gasteiger partial charge on any atom is 0.0575 e. The highest BCUT2D eigenvalue weighted by atomic mass is 79.9. The van der Waals surface area contributed by atoms with Gasteiger partial charge in [0.05, 0.1) is 6.10 Å². The van der Waals surface area contributed by atoms with Crippen LogP contribution in [0.25, 0.3) is 0 Å². The zero-order valence-electron chi connectivity index (χ0n) is 8.43. The molecule has 0 N–H and O–H groups in total. The summed E-state index contributed by atoms with van der Waals surface area (Å²) in [6.07, 6.45) is 11.2. The quantitative estimate of drug-likeness (QED) is 0.408. The van der Waals surface area contributed by atoms with Crippen molar-refractivity contribution in [2.45, 2.75) is 57.5 Å². The van der Waals surface area contributed by atoms with Gasteiger partial charge in [-0.25, -0.2) is 0 Å². The van der Waals surface area contributed by atoms with Gasteiger partial charge in [-0.1, -0.05) is 41.6 Å². The molecule has 78 valence electrons. The van der Waals surface area contributed by atoms with Crippen LogP contribution in [0.15, 0.2) is 0 Å². The van der Waals surface area contributed by atoms with Crippen LogP contribution in [0.5, 0.6) is 0 Å². The van der Waals surface area contributed by atoms with Gasteiger partial charge in [-0.3, -0.25) is 0 Å². The maximum atomic E-state index is 5.84. The first kappa shape index (κ1) is 11.5. The van der Waals surface area contributed by atoms with Crippen molar-refractivity contribution in [2.24, 2.45) is 0 Å². The molecule has 1 fully saturated rings. The highest BCUT2D eigenvalue weighted by Gasteiger charge is 2.11. The van der Waals surface area contributed by atoms with Gasteiger partial charge in [-0.2, -0.15) is 0 Å². The number of hydrogen-bond acceptors (Lipinski definition) is 1. The van der Waals surface area contributed by atoms with Gasteiger partial charge in [-0.15, -0.1) is 0 Å². The van der Waals surface area contributed by atoms with Crippen molar-refractivity contribution in [1.29, 1.82) is 0 Å². The van der Waals surface area contributed by atoms with Crippen molar-refractivity contribution in [3.8, 4) is 0 Å². The molecule has 0 unspecified atom stereocenters. The molecule has 1 aliphatic carbocycles. The molecule has 1 nitrogen and oxygen atoms in total. The Morgan fingerprint density at radius 3 is 2.31 bits per heavy atom. The minimum absolute atomic E-state index is 0.581. The van der Waals surface area contributed by atoms with Crippen molar-refractivity contribution in [1.82, 2.24) is 0 Å². The number of unbranched alkanes of at least 4 members (excludes halogenated alkanes) is 1. The topological polar surface area (TPSA) is 9.23 Å². The molecule has 0 amide bonds. The van der Waals surface area contributed by atoms with Gasteiger partial charge in [0.1, 0.15) is 0 Å². The lowest BCUT2D eigenvalue weighted by Gasteiger charge is -2.14. The Hall–Kier alpha value is 0.440. The first-order valence-electron chi connectivity index (χ1n) is 5.61. The number of rotatable bonds is 5. The summed E-state index contributed by atoms with van der Waals surface area (Å²) in [6, 6.07) is 0. The van der Waals surface area contributed by atoms with E-state index in [4.69, 9.17) is 4.74 Å². The third kappa shape index (κ3) is 5.69. The molecule has 0 spiro atoms. The smallest absolute Gasteiger partial charge is 0.0575 e. The van der Waals surface area contributed by atoms with Crippen LogP contribution in [-0.2, 0) is 4.74 Å². The fourth-order valence-electron chi connectivity index (χ4n) is 1.86. The van der Waals surface area contributed by atoms with Crippen LogP contribution >= 0.6 is 15.9 Å². The minimum atomic E-state index is 0.581. The number of hydrogen-bond donors (Lipinski definition) is 0. The number of halogens is 1. The zero-order chi connectivity index (χ0) is 9.36. The van der Waals surface area contributed by atoms with E-state index in [2.05, 4.69) is 15.9 Å². The molecule has 1 saturated carbocycles. The van der Waals surface area contributed by atoms with E-state index in [0.717, 1.165) is 11.9 Å². The van der Waals surface area contributed by atoms with Gasteiger partial charge in [0.15, 0.2) is 0 Å². The zero-order valence-corrected chi connectivity index (χ0v) is 10.0. The fourth-order valence-corrected chi connectivity index (χ4v) is 2.25. The lowest BCUT2D eigenvalue weighted by Crippen LogP contribution is -2.12. The van der Waals surface area contributed by atoms with E-state index < -0.39 is 0 Å². The van der Waals surface area contributed by atoms with E-state index in [1.54, 1.807) is 0 Å². The predicted molar refractivity (Wildman–Crippen MR) is 60.5 cm³/mol. The van der Waals surface area contributed by atoms with Gasteiger partial charge in [-0.05, 0) is 25.7 Å². The molecule has 0 atom stereocenters. The summed E-state index contributed by atoms with van der Waals surface area (Å²) in [5, 5.41) is 1.11. The van der Waals surface area contributed by atoms with Crippen LogP contribution in [0.4, 0.5) is 0 Å². The van der Waals surface area contributed by atoms with Crippen LogP contribution in [0.3, 0.4) is 0 Å². The van der Waals surface area contributed by atoms with Crippen LogP contribution in [-0.4, -0.2) is 18.0 Å². The molecule has 0 aromatic carbocycles. The van der Waals surface area contributed by atoms with Crippen LogP contribution in [0, 0.1) is 0 Å². The average molecular weight is 249 g/mol. The molecule has 0 aromatic rings. The summed E-state index contributed by atoms with van der Waals surface area (Å²) in [7, 11) is 0. The third-order valence-corrected chi connectivity index (χ3v) is 3.24. The van der Waals surface area contributed by atoms with E-state index in [9.17, 15) is 0 Å². The molecular weight excluding hydrogens is 228 g/mol. The third-order valence-electron chi connectivity index (χ3n) is 2.68. The second kappa shape index (κ2) is 7.81. The summed E-state index contributed by atoms with van der Waals surface area (Å²) in [5.41, 5.74) is 0. The molecule has 1 rings (SSSR count). The molecule has 0 bridgehead atoms. The Morgan fingerprint density at radius 1 is 1.00 bits per heavy atom. The van der Waals surface area contributed by atoms with E-state index in [1.807, 2.05) is 0 Å². The molecule has 0 radical (unpaired) electrons. The lowest BCUT2D eigenvalue weighted by molar-refractivity contribution is 0.0416. The Bertz CT molecular complexity index is 109. The van der Waals surface area contributed by atoms with Crippen molar-refractivity contribution in [2.75, 3.05) is 11.9 Å². The van der Waals surface area contributed by atoms with E-state index >= 15 is 0 Å². The van der Waals surface area contributed by atoms with Gasteiger partial charge in [0.25, 0.3) is 0 Å². The first-order valence-corrected chi connectivity index (χ1v) is 6.73. The highest BCUT2D eigenvalue weighted by Crippen LogP contribution is 2.19. The van der Waals surface area contributed by atoms with Crippen molar-refractivity contribution >= 4 is 15.9 Å². The monoisotopic (exact) mass is 248 g/mol. The highest BCUT2D eigenvalue weighted by molar-refractivity contribution is 9.09. The van der Waals surface area contributed by atoms with E-state index in [-0.39, 0.29) is 0 Å². The summed E-state index contributed by atoms with van der Waals surface area (Å²) in [6.45, 7) is 0.969. The van der Waals surface area contributed by atoms with Gasteiger partial charge < -0.3 is 4.74 Å². The maximum absolute atomic E-state index is 5.84. The molecule has 0 heterocycles. The largest absolute Gasteiger partial charge is 0.378 e. The normalized spacial score (nSPS) is 20.1. The number of alkyl halides is 1. The van der Waals surface area contributed by atoms with Crippen molar-refractivity contribution in [3.05, 3.63) is 0 Å². The minimum Gasteiger partial charge on any atom is -0.378 e. The Labute approximate surface area is 90.4 Å². The molecular formula is C11H21BrO. The van der Waals surface area contributed by atoms with Crippen LogP contribution in [0.2, 0.25) is 0 Å². The fraction of sp³-hybridized carbons (Fsp3) is 1.00. The second-order valence-electron chi connectivity index (χ2n) is 3.88. The lowest BCUT2D eigenvalue weighted by atomic mass is 10.1. The van der Waals surface area contributed by atoms with Crippen LogP contribution in [0.1, 0.15) is 51.4 Å². The van der Waals surface area contributed by atoms with Gasteiger partial charge >= 0.3 is 0 Å². The van der Waals surface area contributed by atoms with Crippen LogP contribution < -0.4 is 0 Å². The molecule has 0 aromatic heterocycles. The summed E-state index contributed by atoms with van der Waals surface area (Å²) < 4.78 is 5.84. The Morgan fingerprint density at radius 2 is 1.69 bits per heavy atom. The van der Waals surface area contributed by atoms with Gasteiger partial charge in [0, 0.05) is 11.9 Å². The molecule has 0 aliphatic heterocycles. The van der Waals surface area contributed by atoms with E-state index in [1.165, 1.54) is 51.4 Å². The Kier molecular flexibility index (Phi) is 6.92.